The summed E-state index contributed by atoms with van der Waals surface area (Å²) in [6, 6.07) is 12.8. The predicted octanol–water partition coefficient (Wildman–Crippen LogP) is 5.60. The van der Waals surface area contributed by atoms with Gasteiger partial charge >= 0.3 is 0 Å². The van der Waals surface area contributed by atoms with Gasteiger partial charge in [-0.25, -0.2) is 0 Å². The summed E-state index contributed by atoms with van der Waals surface area (Å²) in [5.74, 6) is -0.110. The molecule has 34 heavy (non-hydrogen) atoms. The Bertz CT molecular complexity index is 985. The molecule has 1 atom stereocenters. The zero-order valence-electron chi connectivity index (χ0n) is 20.6. The van der Waals surface area contributed by atoms with Crippen LogP contribution < -0.4 is 10.2 Å². The second-order valence-corrected chi connectivity index (χ2v) is 9.45. The second-order valence-electron chi connectivity index (χ2n) is 9.04. The number of hydrogen-bond donors (Lipinski definition) is 1. The van der Waals surface area contributed by atoms with E-state index in [2.05, 4.69) is 19.2 Å². The van der Waals surface area contributed by atoms with E-state index in [1.165, 1.54) is 0 Å². The Labute approximate surface area is 208 Å². The Kier molecular flexibility index (Phi) is 9.36. The van der Waals surface area contributed by atoms with Crippen molar-refractivity contribution in [3.8, 4) is 0 Å². The molecule has 1 N–H and O–H groups in total. The highest BCUT2D eigenvalue weighted by atomic mass is 35.5. The zero-order chi connectivity index (χ0) is 24.7. The first-order valence-electron chi connectivity index (χ1n) is 12.1. The number of anilines is 2. The van der Waals surface area contributed by atoms with E-state index in [0.717, 1.165) is 43.5 Å². The fourth-order valence-corrected chi connectivity index (χ4v) is 4.66. The summed E-state index contributed by atoms with van der Waals surface area (Å²) in [7, 11) is 3.96. The highest BCUT2D eigenvalue weighted by Gasteiger charge is 2.27. The highest BCUT2D eigenvalue weighted by molar-refractivity contribution is 6.34. The smallest absolute Gasteiger partial charge is 0.257 e. The van der Waals surface area contributed by atoms with Gasteiger partial charge in [0.25, 0.3) is 5.91 Å². The number of carbonyl (C=O) groups excluding carboxylic acids is 2. The quantitative estimate of drug-likeness (QED) is 0.475. The normalized spacial score (nSPS) is 15.4. The fourth-order valence-electron chi connectivity index (χ4n) is 4.44. The van der Waals surface area contributed by atoms with Crippen molar-refractivity contribution in [3.05, 3.63) is 58.6 Å². The molecule has 1 aliphatic heterocycles. The van der Waals surface area contributed by atoms with Crippen molar-refractivity contribution in [1.29, 1.82) is 0 Å². The molecule has 7 heteroatoms. The second kappa shape index (κ2) is 12.2. The third-order valence-corrected chi connectivity index (χ3v) is 6.72. The first kappa shape index (κ1) is 26.0. The monoisotopic (exact) mass is 485 g/mol. The number of ether oxygens (including phenoxy) is 1. The van der Waals surface area contributed by atoms with Gasteiger partial charge < -0.3 is 19.9 Å². The Balaban J connectivity index is 1.88. The van der Waals surface area contributed by atoms with Crippen LogP contribution in [0.5, 0.6) is 0 Å². The molecule has 3 rings (SSSR count). The molecule has 2 amide bonds. The number of halogens is 1. The van der Waals surface area contributed by atoms with Crippen molar-refractivity contribution in [2.24, 2.45) is 5.92 Å². The third-order valence-electron chi connectivity index (χ3n) is 6.39. The molecule has 1 saturated heterocycles. The average molecular weight is 486 g/mol. The summed E-state index contributed by atoms with van der Waals surface area (Å²) in [6.07, 6.45) is 3.70. The molecule has 184 valence electrons. The van der Waals surface area contributed by atoms with Gasteiger partial charge in [-0.3, -0.25) is 9.59 Å². The maximum Gasteiger partial charge on any atom is 0.257 e. The minimum Gasteiger partial charge on any atom is -0.377 e. The number of nitrogens with zero attached hydrogens (tertiary/aromatic N) is 2. The van der Waals surface area contributed by atoms with Gasteiger partial charge in [-0.1, -0.05) is 37.6 Å². The van der Waals surface area contributed by atoms with Crippen LogP contribution in [0.1, 0.15) is 55.5 Å². The van der Waals surface area contributed by atoms with Crippen LogP contribution in [0.25, 0.3) is 0 Å². The van der Waals surface area contributed by atoms with Crippen LogP contribution in [0.3, 0.4) is 0 Å². The van der Waals surface area contributed by atoms with Crippen LogP contribution >= 0.6 is 11.6 Å². The number of benzene rings is 2. The van der Waals surface area contributed by atoms with E-state index in [-0.39, 0.29) is 23.8 Å². The van der Waals surface area contributed by atoms with Gasteiger partial charge in [0, 0.05) is 51.1 Å². The first-order chi connectivity index (χ1) is 16.3. The Morgan fingerprint density at radius 3 is 2.50 bits per heavy atom. The van der Waals surface area contributed by atoms with Gasteiger partial charge in [-0.05, 0) is 61.6 Å². The minimum absolute atomic E-state index is 0.00711. The zero-order valence-corrected chi connectivity index (χ0v) is 21.4. The maximum atomic E-state index is 13.4. The van der Waals surface area contributed by atoms with Crippen molar-refractivity contribution in [1.82, 2.24) is 4.90 Å². The number of amides is 2. The molecule has 2 aromatic rings. The first-order valence-corrected chi connectivity index (χ1v) is 12.5. The van der Waals surface area contributed by atoms with E-state index in [1.54, 1.807) is 24.3 Å². The molecular formula is C27H36ClN3O3. The number of rotatable bonds is 10. The molecule has 6 nitrogen and oxygen atoms in total. The van der Waals surface area contributed by atoms with Crippen molar-refractivity contribution in [2.45, 2.75) is 52.2 Å². The Morgan fingerprint density at radius 1 is 1.15 bits per heavy atom. The Morgan fingerprint density at radius 2 is 1.88 bits per heavy atom. The number of hydrogen-bond acceptors (Lipinski definition) is 4. The molecular weight excluding hydrogens is 450 g/mol. The van der Waals surface area contributed by atoms with E-state index in [4.69, 9.17) is 16.3 Å². The molecule has 1 heterocycles. The predicted molar refractivity (Wildman–Crippen MR) is 139 cm³/mol. The van der Waals surface area contributed by atoms with E-state index in [0.29, 0.717) is 29.4 Å². The molecule has 0 spiro atoms. The van der Waals surface area contributed by atoms with Crippen molar-refractivity contribution in [2.75, 3.05) is 37.5 Å². The fraction of sp³-hybridized carbons (Fsp3) is 0.481. The van der Waals surface area contributed by atoms with Crippen LogP contribution in [0.2, 0.25) is 5.02 Å². The van der Waals surface area contributed by atoms with E-state index >= 15 is 0 Å². The summed E-state index contributed by atoms with van der Waals surface area (Å²) >= 11 is 6.20. The molecule has 1 aliphatic rings. The van der Waals surface area contributed by atoms with Gasteiger partial charge in [0.1, 0.15) is 0 Å². The largest absolute Gasteiger partial charge is 0.377 e. The van der Waals surface area contributed by atoms with E-state index < -0.39 is 0 Å². The molecule has 0 unspecified atom stereocenters. The summed E-state index contributed by atoms with van der Waals surface area (Å²) in [5.41, 5.74) is 3.06. The topological polar surface area (TPSA) is 61.9 Å². The lowest BCUT2D eigenvalue weighted by molar-refractivity contribution is -0.138. The molecule has 0 bridgehead atoms. The standard InChI is InChI=1S/C27H36ClN3O3/c1-5-19(6-2)27(33)31(18-22-10-9-15-34-22)17-20-16-21(13-14-25(20)30(3)4)29-26(32)23-11-7-8-12-24(23)28/h7-8,11-14,16,19,22H,5-6,9-10,15,17-18H2,1-4H3,(H,29,32)/t22-/m1/s1. The van der Waals surface area contributed by atoms with Gasteiger partial charge in [0.15, 0.2) is 0 Å². The maximum absolute atomic E-state index is 13.4. The number of carbonyl (C=O) groups is 2. The lowest BCUT2D eigenvalue weighted by Gasteiger charge is -2.30. The average Bonchev–Trinajstić information content (AvgIpc) is 3.32. The molecule has 2 aromatic carbocycles. The van der Waals surface area contributed by atoms with Crippen LogP contribution in [0.4, 0.5) is 11.4 Å². The van der Waals surface area contributed by atoms with Crippen LogP contribution in [-0.4, -0.2) is 50.1 Å². The summed E-state index contributed by atoms with van der Waals surface area (Å²) < 4.78 is 5.86. The van der Waals surface area contributed by atoms with Crippen molar-refractivity contribution >= 4 is 34.8 Å². The van der Waals surface area contributed by atoms with Gasteiger partial charge in [-0.15, -0.1) is 0 Å². The van der Waals surface area contributed by atoms with Crippen LogP contribution in [-0.2, 0) is 16.1 Å². The van der Waals surface area contributed by atoms with Gasteiger partial charge in [0.2, 0.25) is 5.91 Å². The van der Waals surface area contributed by atoms with Gasteiger partial charge in [0.05, 0.1) is 16.7 Å². The summed E-state index contributed by atoms with van der Waals surface area (Å²) in [6.45, 7) is 5.92. The molecule has 0 radical (unpaired) electrons. The highest BCUT2D eigenvalue weighted by Crippen LogP contribution is 2.27. The molecule has 1 fully saturated rings. The molecule has 0 aliphatic carbocycles. The van der Waals surface area contributed by atoms with Crippen molar-refractivity contribution < 1.29 is 14.3 Å². The number of nitrogens with one attached hydrogen (secondary N) is 1. The van der Waals surface area contributed by atoms with E-state index in [9.17, 15) is 9.59 Å². The minimum atomic E-state index is -0.265. The lowest BCUT2D eigenvalue weighted by atomic mass is 10.0. The van der Waals surface area contributed by atoms with Crippen molar-refractivity contribution in [3.63, 3.8) is 0 Å². The third kappa shape index (κ3) is 6.51. The molecule has 0 aromatic heterocycles. The van der Waals surface area contributed by atoms with E-state index in [1.807, 2.05) is 42.1 Å². The SMILES string of the molecule is CCC(CC)C(=O)N(Cc1cc(NC(=O)c2ccccc2Cl)ccc1N(C)C)C[C@H]1CCCO1. The summed E-state index contributed by atoms with van der Waals surface area (Å²) in [4.78, 5) is 30.2. The molecule has 0 saturated carbocycles. The van der Waals surface area contributed by atoms with Gasteiger partial charge in [-0.2, -0.15) is 0 Å². The van der Waals surface area contributed by atoms with Crippen LogP contribution in [0, 0.1) is 5.92 Å². The lowest BCUT2D eigenvalue weighted by Crippen LogP contribution is -2.40. The Hall–Kier alpha value is -2.57. The van der Waals surface area contributed by atoms with Crippen LogP contribution in [0.15, 0.2) is 42.5 Å². The summed E-state index contributed by atoms with van der Waals surface area (Å²) in [5, 5.41) is 3.36.